The van der Waals surface area contributed by atoms with Gasteiger partial charge in [-0.1, -0.05) is 0 Å². The number of rotatable bonds is 1. The molecule has 0 radical (unpaired) electrons. The Morgan fingerprint density at radius 2 is 1.71 bits per heavy atom. The summed E-state index contributed by atoms with van der Waals surface area (Å²) in [5.74, 6) is 0.332. The van der Waals surface area contributed by atoms with E-state index in [2.05, 4.69) is 0 Å². The molecule has 1 saturated carbocycles. The third-order valence-electron chi connectivity index (χ3n) is 3.04. The van der Waals surface area contributed by atoms with Gasteiger partial charge in [0.05, 0.1) is 11.2 Å². The molecule has 1 N–H and O–H groups in total. The molecule has 0 unspecified atom stereocenters. The molecule has 6 heteroatoms. The van der Waals surface area contributed by atoms with Gasteiger partial charge in [-0.3, -0.25) is 0 Å². The highest BCUT2D eigenvalue weighted by Gasteiger charge is 2.49. The molecule has 1 aromatic carbocycles. The predicted molar refractivity (Wildman–Crippen MR) is 50.7 cm³/mol. The highest BCUT2D eigenvalue weighted by atomic mass is 19.4. The first-order chi connectivity index (χ1) is 7.90. The molecule has 92 valence electrons. The van der Waals surface area contributed by atoms with E-state index in [1.807, 2.05) is 0 Å². The molecule has 3 nitrogen and oxygen atoms in total. The number of hydrogen-bond donors (Lipinski definition) is 1. The maximum absolute atomic E-state index is 12.9. The highest BCUT2D eigenvalue weighted by Crippen LogP contribution is 2.52. The SMILES string of the molecule is OC1(c2cc3c(cc2C(F)(F)F)OCO3)CC1. The van der Waals surface area contributed by atoms with Crippen molar-refractivity contribution < 1.29 is 27.8 Å². The molecule has 0 bridgehead atoms. The fourth-order valence-corrected chi connectivity index (χ4v) is 1.95. The summed E-state index contributed by atoms with van der Waals surface area (Å²) in [5, 5.41) is 9.88. The van der Waals surface area contributed by atoms with Gasteiger partial charge in [0.15, 0.2) is 11.5 Å². The third kappa shape index (κ3) is 1.63. The summed E-state index contributed by atoms with van der Waals surface area (Å²) in [6, 6.07) is 2.13. The van der Waals surface area contributed by atoms with E-state index in [-0.39, 0.29) is 23.9 Å². The molecule has 1 aromatic rings. The van der Waals surface area contributed by atoms with E-state index < -0.39 is 17.3 Å². The number of halogens is 3. The van der Waals surface area contributed by atoms with Crippen molar-refractivity contribution in [3.05, 3.63) is 23.3 Å². The van der Waals surface area contributed by atoms with E-state index in [1.54, 1.807) is 0 Å². The summed E-state index contributed by atoms with van der Waals surface area (Å²) in [7, 11) is 0. The van der Waals surface area contributed by atoms with Crippen molar-refractivity contribution in [2.24, 2.45) is 0 Å². The second-order valence-corrected chi connectivity index (χ2v) is 4.28. The first-order valence-corrected chi connectivity index (χ1v) is 5.14. The topological polar surface area (TPSA) is 38.7 Å². The Morgan fingerprint density at radius 1 is 1.12 bits per heavy atom. The van der Waals surface area contributed by atoms with E-state index in [1.165, 1.54) is 6.07 Å². The molecule has 0 atom stereocenters. The summed E-state index contributed by atoms with van der Waals surface area (Å²) in [5.41, 5.74) is -2.32. The average Bonchev–Trinajstić information content (AvgIpc) is 2.83. The maximum Gasteiger partial charge on any atom is 0.416 e. The van der Waals surface area contributed by atoms with Crippen LogP contribution < -0.4 is 9.47 Å². The predicted octanol–water partition coefficient (Wildman–Crippen LogP) is 2.42. The van der Waals surface area contributed by atoms with E-state index >= 15 is 0 Å². The number of benzene rings is 1. The van der Waals surface area contributed by atoms with Gasteiger partial charge in [0, 0.05) is 0 Å². The summed E-state index contributed by atoms with van der Waals surface area (Å²) in [6.07, 6.45) is -3.82. The van der Waals surface area contributed by atoms with Crippen molar-refractivity contribution in [3.63, 3.8) is 0 Å². The molecule has 17 heavy (non-hydrogen) atoms. The Balaban J connectivity index is 2.18. The van der Waals surface area contributed by atoms with Crippen molar-refractivity contribution in [2.75, 3.05) is 6.79 Å². The van der Waals surface area contributed by atoms with Crippen LogP contribution in [0.2, 0.25) is 0 Å². The molecule has 0 aromatic heterocycles. The summed E-state index contributed by atoms with van der Waals surface area (Å²) >= 11 is 0. The average molecular weight is 246 g/mol. The molecule has 1 heterocycles. The Labute approximate surface area is 94.8 Å². The van der Waals surface area contributed by atoms with Crippen molar-refractivity contribution in [1.82, 2.24) is 0 Å². The molecule has 1 fully saturated rings. The summed E-state index contributed by atoms with van der Waals surface area (Å²) in [6.45, 7) is -0.0888. The Morgan fingerprint density at radius 3 is 2.24 bits per heavy atom. The number of hydrogen-bond acceptors (Lipinski definition) is 3. The number of alkyl halides is 3. The first-order valence-electron chi connectivity index (χ1n) is 5.14. The Bertz CT molecular complexity index is 445. The standard InChI is InChI=1S/C11H9F3O3/c12-11(13,14)7-4-9-8(16-5-17-9)3-6(7)10(15)1-2-10/h3-4,15H,1-2,5H2. The Kier molecular flexibility index (Phi) is 1.93. The van der Waals surface area contributed by atoms with Gasteiger partial charge in [-0.2, -0.15) is 13.2 Å². The fourth-order valence-electron chi connectivity index (χ4n) is 1.95. The van der Waals surface area contributed by atoms with Crippen LogP contribution in [0.4, 0.5) is 13.2 Å². The van der Waals surface area contributed by atoms with Crippen LogP contribution in [0.1, 0.15) is 24.0 Å². The Hall–Kier alpha value is -1.43. The van der Waals surface area contributed by atoms with E-state index in [4.69, 9.17) is 9.47 Å². The normalized spacial score (nSPS) is 20.5. The second-order valence-electron chi connectivity index (χ2n) is 4.28. The lowest BCUT2D eigenvalue weighted by molar-refractivity contribution is -0.139. The summed E-state index contributed by atoms with van der Waals surface area (Å²) < 4.78 is 48.5. The minimum atomic E-state index is -4.51. The van der Waals surface area contributed by atoms with E-state index in [9.17, 15) is 18.3 Å². The van der Waals surface area contributed by atoms with Crippen LogP contribution in [0.15, 0.2) is 12.1 Å². The quantitative estimate of drug-likeness (QED) is 0.827. The van der Waals surface area contributed by atoms with Gasteiger partial charge >= 0.3 is 6.18 Å². The van der Waals surface area contributed by atoms with Crippen molar-refractivity contribution in [2.45, 2.75) is 24.6 Å². The van der Waals surface area contributed by atoms with Crippen LogP contribution in [0.3, 0.4) is 0 Å². The van der Waals surface area contributed by atoms with Crippen LogP contribution in [0, 0.1) is 0 Å². The minimum Gasteiger partial charge on any atom is -0.454 e. The molecular weight excluding hydrogens is 237 g/mol. The van der Waals surface area contributed by atoms with Crippen LogP contribution in [-0.4, -0.2) is 11.9 Å². The number of ether oxygens (including phenoxy) is 2. The molecular formula is C11H9F3O3. The highest BCUT2D eigenvalue weighted by molar-refractivity contribution is 5.52. The third-order valence-corrected chi connectivity index (χ3v) is 3.04. The van der Waals surface area contributed by atoms with Crippen LogP contribution in [0.25, 0.3) is 0 Å². The lowest BCUT2D eigenvalue weighted by Gasteiger charge is -2.17. The molecule has 0 saturated heterocycles. The van der Waals surface area contributed by atoms with Gasteiger partial charge < -0.3 is 14.6 Å². The van der Waals surface area contributed by atoms with E-state index in [0.29, 0.717) is 12.8 Å². The fraction of sp³-hybridized carbons (Fsp3) is 0.455. The zero-order valence-corrected chi connectivity index (χ0v) is 8.67. The van der Waals surface area contributed by atoms with Crippen LogP contribution in [-0.2, 0) is 11.8 Å². The number of fused-ring (bicyclic) bond motifs is 1. The summed E-state index contributed by atoms with van der Waals surface area (Å²) in [4.78, 5) is 0. The monoisotopic (exact) mass is 246 g/mol. The van der Waals surface area contributed by atoms with Gasteiger partial charge in [0.25, 0.3) is 0 Å². The van der Waals surface area contributed by atoms with Crippen molar-refractivity contribution in [3.8, 4) is 11.5 Å². The number of aliphatic hydroxyl groups is 1. The van der Waals surface area contributed by atoms with Gasteiger partial charge in [0.1, 0.15) is 0 Å². The molecule has 0 spiro atoms. The molecule has 3 rings (SSSR count). The van der Waals surface area contributed by atoms with Gasteiger partial charge in [-0.25, -0.2) is 0 Å². The van der Waals surface area contributed by atoms with Crippen LogP contribution in [0.5, 0.6) is 11.5 Å². The molecule has 2 aliphatic rings. The van der Waals surface area contributed by atoms with Crippen molar-refractivity contribution in [1.29, 1.82) is 0 Å². The van der Waals surface area contributed by atoms with Crippen LogP contribution >= 0.6 is 0 Å². The second kappa shape index (κ2) is 3.07. The van der Waals surface area contributed by atoms with Gasteiger partial charge in [0.2, 0.25) is 6.79 Å². The maximum atomic E-state index is 12.9. The zero-order valence-electron chi connectivity index (χ0n) is 8.67. The van der Waals surface area contributed by atoms with E-state index in [0.717, 1.165) is 6.07 Å². The molecule has 1 aliphatic heterocycles. The lowest BCUT2D eigenvalue weighted by Crippen LogP contribution is -2.15. The lowest BCUT2D eigenvalue weighted by atomic mass is 9.99. The largest absolute Gasteiger partial charge is 0.454 e. The zero-order chi connectivity index (χ0) is 12.3. The molecule has 1 aliphatic carbocycles. The smallest absolute Gasteiger partial charge is 0.416 e. The molecule has 0 amide bonds. The first kappa shape index (κ1) is 10.7. The van der Waals surface area contributed by atoms with Gasteiger partial charge in [-0.05, 0) is 30.5 Å². The van der Waals surface area contributed by atoms with Gasteiger partial charge in [-0.15, -0.1) is 0 Å². The minimum absolute atomic E-state index is 0.0744. The van der Waals surface area contributed by atoms with Crippen molar-refractivity contribution >= 4 is 0 Å².